The van der Waals surface area contributed by atoms with Gasteiger partial charge in [0, 0.05) is 26.2 Å². The number of benzene rings is 2. The van der Waals surface area contributed by atoms with E-state index in [0.29, 0.717) is 0 Å². The molecule has 1 aliphatic heterocycles. The van der Waals surface area contributed by atoms with Crippen molar-refractivity contribution in [3.63, 3.8) is 0 Å². The summed E-state index contributed by atoms with van der Waals surface area (Å²) >= 11 is 0. The van der Waals surface area contributed by atoms with Gasteiger partial charge in [0.25, 0.3) is 0 Å². The highest BCUT2D eigenvalue weighted by molar-refractivity contribution is 5.58. The zero-order chi connectivity index (χ0) is 21.8. The Morgan fingerprint density at radius 3 is 2.32 bits per heavy atom. The summed E-state index contributed by atoms with van der Waals surface area (Å²) < 4.78 is 7.59. The minimum atomic E-state index is -0.148. The molecule has 7 heteroatoms. The van der Waals surface area contributed by atoms with Crippen LogP contribution in [0.5, 0.6) is 5.75 Å². The van der Waals surface area contributed by atoms with Crippen LogP contribution in [-0.4, -0.2) is 58.4 Å². The van der Waals surface area contributed by atoms with Gasteiger partial charge in [-0.15, -0.1) is 5.10 Å². The number of para-hydroxylation sites is 2. The Hall–Kier alpha value is -2.93. The first kappa shape index (κ1) is 21.3. The van der Waals surface area contributed by atoms with Crippen LogP contribution < -0.4 is 9.64 Å². The maximum Gasteiger partial charge on any atom is 0.173 e. The molecule has 0 amide bonds. The number of methoxy groups -OCH3 is 1. The number of anilines is 1. The summed E-state index contributed by atoms with van der Waals surface area (Å²) in [5.41, 5.74) is 2.22. The van der Waals surface area contributed by atoms with Gasteiger partial charge in [-0.2, -0.15) is 0 Å². The molecule has 1 atom stereocenters. The summed E-state index contributed by atoms with van der Waals surface area (Å²) in [6.45, 7) is 10.2. The zero-order valence-electron chi connectivity index (χ0n) is 18.9. The van der Waals surface area contributed by atoms with Crippen molar-refractivity contribution >= 4 is 5.69 Å². The van der Waals surface area contributed by atoms with Crippen LogP contribution in [0.3, 0.4) is 0 Å². The highest BCUT2D eigenvalue weighted by Gasteiger charge is 2.34. The van der Waals surface area contributed by atoms with Crippen molar-refractivity contribution in [2.45, 2.75) is 38.8 Å². The Morgan fingerprint density at radius 2 is 1.65 bits per heavy atom. The summed E-state index contributed by atoms with van der Waals surface area (Å²) in [4.78, 5) is 4.89. The largest absolute Gasteiger partial charge is 0.495 e. The number of ether oxygens (including phenoxy) is 1. The van der Waals surface area contributed by atoms with Crippen molar-refractivity contribution in [2.75, 3.05) is 38.2 Å². The lowest BCUT2D eigenvalue weighted by molar-refractivity contribution is 0.187. The molecule has 0 N–H and O–H groups in total. The second-order valence-electron chi connectivity index (χ2n) is 8.62. The topological polar surface area (TPSA) is 59.3 Å². The van der Waals surface area contributed by atoms with E-state index in [1.807, 2.05) is 16.8 Å². The van der Waals surface area contributed by atoms with E-state index >= 15 is 0 Å². The fourth-order valence-corrected chi connectivity index (χ4v) is 4.22. The van der Waals surface area contributed by atoms with Gasteiger partial charge < -0.3 is 9.64 Å². The van der Waals surface area contributed by atoms with Crippen LogP contribution in [0.4, 0.5) is 5.69 Å². The monoisotopic (exact) mass is 420 g/mol. The molecule has 0 spiro atoms. The van der Waals surface area contributed by atoms with E-state index in [9.17, 15) is 0 Å². The van der Waals surface area contributed by atoms with E-state index in [0.717, 1.165) is 49.9 Å². The third-order valence-corrected chi connectivity index (χ3v) is 6.40. The fraction of sp³-hybridized carbons (Fsp3) is 0.458. The van der Waals surface area contributed by atoms with Crippen molar-refractivity contribution < 1.29 is 4.74 Å². The predicted octanol–water partition coefficient (Wildman–Crippen LogP) is 3.74. The second-order valence-corrected chi connectivity index (χ2v) is 8.62. The van der Waals surface area contributed by atoms with Crippen molar-refractivity contribution in [1.82, 2.24) is 25.1 Å². The SMILES string of the molecule is CCC(C)(C)n1nnnc1[C@@H](c1ccccc1)N1CCN(c2ccccc2OC)CC1. The minimum Gasteiger partial charge on any atom is -0.495 e. The minimum absolute atomic E-state index is 0.0156. The lowest BCUT2D eigenvalue weighted by Gasteiger charge is -2.40. The van der Waals surface area contributed by atoms with Gasteiger partial charge >= 0.3 is 0 Å². The van der Waals surface area contributed by atoms with Crippen LogP contribution in [0.25, 0.3) is 0 Å². The summed E-state index contributed by atoms with van der Waals surface area (Å²) in [5.74, 6) is 1.83. The first-order chi connectivity index (χ1) is 15.0. The molecule has 1 saturated heterocycles. The van der Waals surface area contributed by atoms with Gasteiger partial charge in [0.05, 0.1) is 24.4 Å². The first-order valence-corrected chi connectivity index (χ1v) is 11.0. The average Bonchev–Trinajstić information content (AvgIpc) is 3.31. The van der Waals surface area contributed by atoms with Crippen molar-refractivity contribution in [3.05, 3.63) is 66.0 Å². The van der Waals surface area contributed by atoms with Crippen LogP contribution in [0.15, 0.2) is 54.6 Å². The number of aromatic nitrogens is 4. The number of rotatable bonds is 7. The molecule has 1 aromatic heterocycles. The Balaban J connectivity index is 1.63. The lowest BCUT2D eigenvalue weighted by Crippen LogP contribution is -2.49. The van der Waals surface area contributed by atoms with Crippen molar-refractivity contribution in [1.29, 1.82) is 0 Å². The van der Waals surface area contributed by atoms with Crippen LogP contribution in [-0.2, 0) is 5.54 Å². The van der Waals surface area contributed by atoms with E-state index < -0.39 is 0 Å². The highest BCUT2D eigenvalue weighted by Crippen LogP contribution is 2.33. The molecule has 0 unspecified atom stereocenters. The summed E-state index contributed by atoms with van der Waals surface area (Å²) in [6, 6.07) is 18.8. The Labute approximate surface area is 184 Å². The third kappa shape index (κ3) is 4.28. The molecular formula is C24H32N6O. The van der Waals surface area contributed by atoms with Crippen LogP contribution in [0.1, 0.15) is 44.6 Å². The van der Waals surface area contributed by atoms with E-state index in [1.54, 1.807) is 7.11 Å². The van der Waals surface area contributed by atoms with Crippen LogP contribution >= 0.6 is 0 Å². The van der Waals surface area contributed by atoms with Gasteiger partial charge in [-0.3, -0.25) is 4.90 Å². The van der Waals surface area contributed by atoms with Crippen LogP contribution in [0.2, 0.25) is 0 Å². The molecule has 1 aliphatic rings. The van der Waals surface area contributed by atoms with Gasteiger partial charge in [-0.25, -0.2) is 4.68 Å². The number of hydrogen-bond donors (Lipinski definition) is 0. The molecule has 31 heavy (non-hydrogen) atoms. The van der Waals surface area contributed by atoms with Crippen LogP contribution in [0, 0.1) is 0 Å². The molecule has 164 valence electrons. The summed E-state index contributed by atoms with van der Waals surface area (Å²) in [7, 11) is 1.73. The Bertz CT molecular complexity index is 978. The van der Waals surface area contributed by atoms with Gasteiger partial charge in [0.1, 0.15) is 5.75 Å². The molecule has 0 bridgehead atoms. The lowest BCUT2D eigenvalue weighted by atomic mass is 9.99. The van der Waals surface area contributed by atoms with Crippen molar-refractivity contribution in [3.8, 4) is 5.75 Å². The molecule has 0 saturated carbocycles. The van der Waals surface area contributed by atoms with Gasteiger partial charge in [-0.05, 0) is 48.4 Å². The van der Waals surface area contributed by atoms with Gasteiger partial charge in [0.2, 0.25) is 0 Å². The molecule has 7 nitrogen and oxygen atoms in total. The third-order valence-electron chi connectivity index (χ3n) is 6.40. The molecule has 0 aliphatic carbocycles. The number of tetrazole rings is 1. The fourth-order valence-electron chi connectivity index (χ4n) is 4.22. The van der Waals surface area contributed by atoms with E-state index in [4.69, 9.17) is 4.74 Å². The molecule has 4 rings (SSSR count). The normalized spacial score (nSPS) is 16.3. The maximum atomic E-state index is 5.58. The van der Waals surface area contributed by atoms with E-state index in [2.05, 4.69) is 88.6 Å². The summed E-state index contributed by atoms with van der Waals surface area (Å²) in [6.07, 6.45) is 0.953. The van der Waals surface area contributed by atoms with Crippen molar-refractivity contribution in [2.24, 2.45) is 0 Å². The molecule has 0 radical (unpaired) electrons. The number of nitrogens with zero attached hydrogens (tertiary/aromatic N) is 6. The highest BCUT2D eigenvalue weighted by atomic mass is 16.5. The second kappa shape index (κ2) is 9.06. The first-order valence-electron chi connectivity index (χ1n) is 11.0. The Kier molecular flexibility index (Phi) is 6.23. The molecular weight excluding hydrogens is 388 g/mol. The molecule has 2 heterocycles. The molecule has 2 aromatic carbocycles. The zero-order valence-corrected chi connectivity index (χ0v) is 18.9. The van der Waals surface area contributed by atoms with Gasteiger partial charge in [0.15, 0.2) is 5.82 Å². The smallest absolute Gasteiger partial charge is 0.173 e. The quantitative estimate of drug-likeness (QED) is 0.580. The average molecular weight is 421 g/mol. The maximum absolute atomic E-state index is 5.58. The number of piperazine rings is 1. The van der Waals surface area contributed by atoms with E-state index in [-0.39, 0.29) is 11.6 Å². The Morgan fingerprint density at radius 1 is 0.968 bits per heavy atom. The number of hydrogen-bond acceptors (Lipinski definition) is 6. The molecule has 3 aromatic rings. The standard InChI is InChI=1S/C24H32N6O/c1-5-24(2,3)30-23(25-26-27-30)22(19-11-7-6-8-12-19)29-17-15-28(16-18-29)20-13-9-10-14-21(20)31-4/h6-14,22H,5,15-18H2,1-4H3/t22-/m1/s1. The van der Waals surface area contributed by atoms with E-state index in [1.165, 1.54) is 5.56 Å². The predicted molar refractivity (Wildman–Crippen MR) is 122 cm³/mol. The van der Waals surface area contributed by atoms with Gasteiger partial charge in [-0.1, -0.05) is 49.4 Å². The molecule has 1 fully saturated rings. The summed E-state index contributed by atoms with van der Waals surface area (Å²) in [5, 5.41) is 13.0.